The van der Waals surface area contributed by atoms with Crippen LogP contribution < -0.4 is 10.5 Å². The Balaban J connectivity index is 2.09. The van der Waals surface area contributed by atoms with Crippen molar-refractivity contribution in [3.8, 4) is 5.75 Å². The first-order valence-electron chi connectivity index (χ1n) is 6.90. The van der Waals surface area contributed by atoms with Gasteiger partial charge in [0, 0.05) is 6.54 Å². The number of para-hydroxylation sites is 2. The topological polar surface area (TPSA) is 38.5 Å². The molecule has 0 heterocycles. The minimum atomic E-state index is 0.716. The molecule has 0 amide bonds. The van der Waals surface area contributed by atoms with E-state index in [0.29, 0.717) is 5.69 Å². The Morgan fingerprint density at radius 3 is 2.56 bits per heavy atom. The van der Waals surface area contributed by atoms with E-state index in [-0.39, 0.29) is 0 Å². The fourth-order valence-electron chi connectivity index (χ4n) is 1.87. The third kappa shape index (κ3) is 5.92. The van der Waals surface area contributed by atoms with Crippen molar-refractivity contribution in [1.29, 1.82) is 0 Å². The standard InChI is InChI=1S/C15H26N2O/c1-3-4-7-11-17(2)12-8-13-18-15-10-6-5-9-14(15)16/h5-6,9-10H,3-4,7-8,11-13,16H2,1-2H3. The van der Waals surface area contributed by atoms with Gasteiger partial charge in [0.15, 0.2) is 0 Å². The Morgan fingerprint density at radius 2 is 1.83 bits per heavy atom. The number of ether oxygens (including phenoxy) is 1. The Kier molecular flexibility index (Phi) is 7.26. The van der Waals surface area contributed by atoms with Crippen LogP contribution in [0.25, 0.3) is 0 Å². The molecule has 0 atom stereocenters. The second-order valence-corrected chi connectivity index (χ2v) is 4.75. The summed E-state index contributed by atoms with van der Waals surface area (Å²) in [4.78, 5) is 2.37. The molecular formula is C15H26N2O. The molecular weight excluding hydrogens is 224 g/mol. The van der Waals surface area contributed by atoms with E-state index in [1.165, 1.54) is 25.8 Å². The van der Waals surface area contributed by atoms with Gasteiger partial charge in [-0.1, -0.05) is 31.9 Å². The molecule has 0 unspecified atom stereocenters. The molecule has 1 aromatic rings. The number of benzene rings is 1. The van der Waals surface area contributed by atoms with E-state index in [1.54, 1.807) is 0 Å². The molecule has 0 aliphatic rings. The summed E-state index contributed by atoms with van der Waals surface area (Å²) in [5.74, 6) is 0.797. The van der Waals surface area contributed by atoms with Gasteiger partial charge in [-0.15, -0.1) is 0 Å². The molecule has 0 aromatic heterocycles. The van der Waals surface area contributed by atoms with Crippen LogP contribution in [0, 0.1) is 0 Å². The number of nitrogens with zero attached hydrogens (tertiary/aromatic N) is 1. The fraction of sp³-hybridized carbons (Fsp3) is 0.600. The van der Waals surface area contributed by atoms with Crippen molar-refractivity contribution in [1.82, 2.24) is 4.90 Å². The molecule has 0 bridgehead atoms. The molecule has 0 aliphatic heterocycles. The highest BCUT2D eigenvalue weighted by atomic mass is 16.5. The SMILES string of the molecule is CCCCCN(C)CCCOc1ccccc1N. The van der Waals surface area contributed by atoms with E-state index >= 15 is 0 Å². The molecule has 0 fully saturated rings. The molecule has 0 saturated heterocycles. The second kappa shape index (κ2) is 8.81. The molecule has 3 heteroatoms. The van der Waals surface area contributed by atoms with Gasteiger partial charge in [-0.3, -0.25) is 0 Å². The van der Waals surface area contributed by atoms with Crippen molar-refractivity contribution in [2.24, 2.45) is 0 Å². The average Bonchev–Trinajstić information content (AvgIpc) is 2.37. The predicted octanol–water partition coefficient (Wildman–Crippen LogP) is 3.16. The van der Waals surface area contributed by atoms with Gasteiger partial charge < -0.3 is 15.4 Å². The summed E-state index contributed by atoms with van der Waals surface area (Å²) in [6.07, 6.45) is 4.93. The van der Waals surface area contributed by atoms with Gasteiger partial charge in [0.25, 0.3) is 0 Å². The van der Waals surface area contributed by atoms with E-state index < -0.39 is 0 Å². The first-order chi connectivity index (χ1) is 8.74. The van der Waals surface area contributed by atoms with Crippen molar-refractivity contribution >= 4 is 5.69 Å². The largest absolute Gasteiger partial charge is 0.491 e. The molecule has 2 N–H and O–H groups in total. The molecule has 0 saturated carbocycles. The highest BCUT2D eigenvalue weighted by Gasteiger charge is 2.00. The highest BCUT2D eigenvalue weighted by Crippen LogP contribution is 2.19. The van der Waals surface area contributed by atoms with Crippen LogP contribution in [0.5, 0.6) is 5.75 Å². The minimum absolute atomic E-state index is 0.716. The number of nitrogens with two attached hydrogens (primary N) is 1. The lowest BCUT2D eigenvalue weighted by molar-refractivity contribution is 0.261. The lowest BCUT2D eigenvalue weighted by Crippen LogP contribution is -2.22. The number of hydrogen-bond donors (Lipinski definition) is 1. The van der Waals surface area contributed by atoms with Crippen molar-refractivity contribution < 1.29 is 4.74 Å². The first kappa shape index (κ1) is 14.8. The van der Waals surface area contributed by atoms with Crippen molar-refractivity contribution in [2.75, 3.05) is 32.5 Å². The van der Waals surface area contributed by atoms with Crippen LogP contribution in [-0.4, -0.2) is 31.6 Å². The van der Waals surface area contributed by atoms with Gasteiger partial charge >= 0.3 is 0 Å². The van der Waals surface area contributed by atoms with Crippen molar-refractivity contribution in [3.63, 3.8) is 0 Å². The van der Waals surface area contributed by atoms with E-state index in [2.05, 4.69) is 18.9 Å². The molecule has 1 rings (SSSR count). The quantitative estimate of drug-likeness (QED) is 0.540. The van der Waals surface area contributed by atoms with Crippen LogP contribution in [-0.2, 0) is 0 Å². The van der Waals surface area contributed by atoms with Crippen LogP contribution in [0.15, 0.2) is 24.3 Å². The van der Waals surface area contributed by atoms with E-state index in [0.717, 1.165) is 25.3 Å². The molecule has 3 nitrogen and oxygen atoms in total. The summed E-state index contributed by atoms with van der Waals surface area (Å²) in [6, 6.07) is 7.65. The number of nitrogen functional groups attached to an aromatic ring is 1. The zero-order valence-electron chi connectivity index (χ0n) is 11.7. The summed E-state index contributed by atoms with van der Waals surface area (Å²) in [6.45, 7) is 5.22. The molecule has 0 aliphatic carbocycles. The van der Waals surface area contributed by atoms with Gasteiger partial charge in [-0.05, 0) is 38.6 Å². The van der Waals surface area contributed by atoms with Crippen LogP contribution in [0.4, 0.5) is 5.69 Å². The van der Waals surface area contributed by atoms with Crippen LogP contribution >= 0.6 is 0 Å². The average molecular weight is 250 g/mol. The second-order valence-electron chi connectivity index (χ2n) is 4.75. The van der Waals surface area contributed by atoms with Gasteiger partial charge in [0.2, 0.25) is 0 Å². The predicted molar refractivity (Wildman–Crippen MR) is 78.0 cm³/mol. The Labute approximate surface area is 111 Å². The maximum absolute atomic E-state index is 5.81. The Morgan fingerprint density at radius 1 is 1.11 bits per heavy atom. The number of rotatable bonds is 9. The molecule has 0 radical (unpaired) electrons. The van der Waals surface area contributed by atoms with Crippen LogP contribution in [0.1, 0.15) is 32.6 Å². The van der Waals surface area contributed by atoms with E-state index in [9.17, 15) is 0 Å². The summed E-state index contributed by atoms with van der Waals surface area (Å²) in [5, 5.41) is 0. The zero-order chi connectivity index (χ0) is 13.2. The normalized spacial score (nSPS) is 10.8. The first-order valence-corrected chi connectivity index (χ1v) is 6.90. The zero-order valence-corrected chi connectivity index (χ0v) is 11.7. The maximum Gasteiger partial charge on any atom is 0.142 e. The van der Waals surface area contributed by atoms with Crippen molar-refractivity contribution in [2.45, 2.75) is 32.6 Å². The highest BCUT2D eigenvalue weighted by molar-refractivity contribution is 5.51. The summed E-state index contributed by atoms with van der Waals surface area (Å²) in [7, 11) is 2.17. The third-order valence-corrected chi connectivity index (χ3v) is 3.00. The number of anilines is 1. The Hall–Kier alpha value is -1.22. The van der Waals surface area contributed by atoms with E-state index in [4.69, 9.17) is 10.5 Å². The van der Waals surface area contributed by atoms with Crippen molar-refractivity contribution in [3.05, 3.63) is 24.3 Å². The van der Waals surface area contributed by atoms with E-state index in [1.807, 2.05) is 24.3 Å². The van der Waals surface area contributed by atoms with Crippen LogP contribution in [0.2, 0.25) is 0 Å². The van der Waals surface area contributed by atoms with Gasteiger partial charge in [0.05, 0.1) is 12.3 Å². The smallest absolute Gasteiger partial charge is 0.142 e. The number of hydrogen-bond acceptors (Lipinski definition) is 3. The van der Waals surface area contributed by atoms with Gasteiger partial charge in [-0.25, -0.2) is 0 Å². The monoisotopic (exact) mass is 250 g/mol. The summed E-state index contributed by atoms with van der Waals surface area (Å²) in [5.41, 5.74) is 6.52. The molecule has 0 spiro atoms. The lowest BCUT2D eigenvalue weighted by atomic mass is 10.2. The fourth-order valence-corrected chi connectivity index (χ4v) is 1.87. The number of unbranched alkanes of at least 4 members (excludes halogenated alkanes) is 2. The third-order valence-electron chi connectivity index (χ3n) is 3.00. The van der Waals surface area contributed by atoms with Crippen LogP contribution in [0.3, 0.4) is 0 Å². The summed E-state index contributed by atoms with van der Waals surface area (Å²) >= 11 is 0. The Bertz CT molecular complexity index is 328. The molecule has 102 valence electrons. The maximum atomic E-state index is 5.81. The minimum Gasteiger partial charge on any atom is -0.491 e. The lowest BCUT2D eigenvalue weighted by Gasteiger charge is -2.16. The van der Waals surface area contributed by atoms with Gasteiger partial charge in [-0.2, -0.15) is 0 Å². The molecule has 1 aromatic carbocycles. The summed E-state index contributed by atoms with van der Waals surface area (Å²) < 4.78 is 5.66. The van der Waals surface area contributed by atoms with Gasteiger partial charge in [0.1, 0.15) is 5.75 Å². The molecule has 18 heavy (non-hydrogen) atoms.